The van der Waals surface area contributed by atoms with E-state index in [1.54, 1.807) is 12.4 Å². The second kappa shape index (κ2) is 7.94. The third-order valence-electron chi connectivity index (χ3n) is 4.88. The predicted octanol–water partition coefficient (Wildman–Crippen LogP) is 3.75. The number of hydrogen-bond donors (Lipinski definition) is 1. The van der Waals surface area contributed by atoms with Crippen molar-refractivity contribution in [3.8, 4) is 0 Å². The van der Waals surface area contributed by atoms with Crippen molar-refractivity contribution in [3.63, 3.8) is 0 Å². The van der Waals surface area contributed by atoms with Gasteiger partial charge in [-0.15, -0.1) is 0 Å². The number of pyridine rings is 1. The van der Waals surface area contributed by atoms with E-state index in [0.29, 0.717) is 11.6 Å². The minimum atomic E-state index is -0.526. The van der Waals surface area contributed by atoms with Crippen LogP contribution < -0.4 is 10.2 Å². The lowest BCUT2D eigenvalue weighted by Gasteiger charge is -2.32. The summed E-state index contributed by atoms with van der Waals surface area (Å²) in [5, 5.41) is 3.04. The summed E-state index contributed by atoms with van der Waals surface area (Å²) >= 11 is 0. The van der Waals surface area contributed by atoms with E-state index >= 15 is 0 Å². The molecule has 4 rings (SSSR count). The fraction of sp³-hybridized carbons (Fsp3) is 0.318. The van der Waals surface area contributed by atoms with E-state index in [4.69, 9.17) is 4.74 Å². The molecule has 1 fully saturated rings. The summed E-state index contributed by atoms with van der Waals surface area (Å²) in [6, 6.07) is 11.8. The molecule has 2 heterocycles. The number of nitrogens with zero attached hydrogens (tertiary/aromatic N) is 3. The van der Waals surface area contributed by atoms with E-state index in [-0.39, 0.29) is 12.0 Å². The zero-order valence-corrected chi connectivity index (χ0v) is 16.1. The average Bonchev–Trinajstić information content (AvgIpc) is 3.53. The van der Waals surface area contributed by atoms with E-state index in [2.05, 4.69) is 15.3 Å². The Balaban J connectivity index is 1.56. The molecule has 6 nitrogen and oxygen atoms in total. The maximum Gasteiger partial charge on any atom is 0.251 e. The first-order valence-electron chi connectivity index (χ1n) is 9.58. The highest BCUT2D eigenvalue weighted by atomic mass is 16.5. The Hall–Kier alpha value is -2.99. The molecule has 1 aliphatic heterocycles. The maximum absolute atomic E-state index is 12.5. The van der Waals surface area contributed by atoms with E-state index < -0.39 is 6.35 Å². The van der Waals surface area contributed by atoms with Crippen LogP contribution in [0, 0.1) is 6.92 Å². The van der Waals surface area contributed by atoms with Crippen LogP contribution in [0.5, 0.6) is 0 Å². The number of nitrogens with one attached hydrogen (secondary N) is 1. The fourth-order valence-corrected chi connectivity index (χ4v) is 3.09. The minimum absolute atomic E-state index is 0.0347. The Labute approximate surface area is 165 Å². The highest BCUT2D eigenvalue weighted by Gasteiger charge is 2.26. The second-order valence-electron chi connectivity index (χ2n) is 7.16. The van der Waals surface area contributed by atoms with Crippen LogP contribution in [-0.4, -0.2) is 29.5 Å². The molecule has 144 valence electrons. The Morgan fingerprint density at radius 3 is 2.89 bits per heavy atom. The molecule has 1 N–H and O–H groups in total. The van der Waals surface area contributed by atoms with Gasteiger partial charge in [-0.25, -0.2) is 4.99 Å². The second-order valence-corrected chi connectivity index (χ2v) is 7.16. The number of anilines is 1. The summed E-state index contributed by atoms with van der Waals surface area (Å²) in [5.74, 6) is -0.0347. The molecule has 2 aliphatic rings. The predicted molar refractivity (Wildman–Crippen MR) is 109 cm³/mol. The summed E-state index contributed by atoms with van der Waals surface area (Å²) < 4.78 is 6.19. The number of amides is 1. The van der Waals surface area contributed by atoms with Gasteiger partial charge < -0.3 is 15.0 Å². The third kappa shape index (κ3) is 4.12. The fourth-order valence-electron chi connectivity index (χ4n) is 3.09. The van der Waals surface area contributed by atoms with Crippen molar-refractivity contribution in [2.24, 2.45) is 4.99 Å². The lowest BCUT2D eigenvalue weighted by Crippen LogP contribution is -2.35. The van der Waals surface area contributed by atoms with Gasteiger partial charge in [0.15, 0.2) is 0 Å². The number of allylic oxidation sites excluding steroid dienone is 1. The van der Waals surface area contributed by atoms with Gasteiger partial charge in [0.05, 0.1) is 5.69 Å². The lowest BCUT2D eigenvalue weighted by molar-refractivity contribution is 0.00250. The maximum atomic E-state index is 12.5. The van der Waals surface area contributed by atoms with Gasteiger partial charge in [-0.2, -0.15) is 0 Å². The molecule has 1 amide bonds. The topological polar surface area (TPSA) is 66.8 Å². The molecule has 0 spiro atoms. The largest absolute Gasteiger partial charge is 0.349 e. The number of aromatic nitrogens is 1. The summed E-state index contributed by atoms with van der Waals surface area (Å²) in [5.41, 5.74) is 3.44. The molecule has 1 aliphatic carbocycles. The monoisotopic (exact) mass is 376 g/mol. The van der Waals surface area contributed by atoms with Crippen LogP contribution in [0.2, 0.25) is 0 Å². The van der Waals surface area contributed by atoms with Crippen LogP contribution in [0.25, 0.3) is 0 Å². The molecule has 2 atom stereocenters. The first kappa shape index (κ1) is 18.4. The van der Waals surface area contributed by atoms with Gasteiger partial charge in [0, 0.05) is 35.9 Å². The van der Waals surface area contributed by atoms with Crippen molar-refractivity contribution >= 4 is 17.8 Å². The van der Waals surface area contributed by atoms with Crippen molar-refractivity contribution in [1.82, 2.24) is 10.3 Å². The van der Waals surface area contributed by atoms with E-state index in [9.17, 15) is 4.79 Å². The molecular weight excluding hydrogens is 352 g/mol. The van der Waals surface area contributed by atoms with Crippen LogP contribution in [0.1, 0.15) is 47.5 Å². The molecule has 28 heavy (non-hydrogen) atoms. The van der Waals surface area contributed by atoms with Crippen LogP contribution >= 0.6 is 0 Å². The molecule has 0 radical (unpaired) electrons. The van der Waals surface area contributed by atoms with E-state index in [1.807, 2.05) is 67.4 Å². The number of aryl methyl sites for hydroxylation is 1. The minimum Gasteiger partial charge on any atom is -0.349 e. The zero-order chi connectivity index (χ0) is 19.5. The van der Waals surface area contributed by atoms with Gasteiger partial charge in [-0.05, 0) is 62.6 Å². The first-order valence-corrected chi connectivity index (χ1v) is 9.58. The quantitative estimate of drug-likeness (QED) is 0.834. The van der Waals surface area contributed by atoms with Gasteiger partial charge >= 0.3 is 0 Å². The highest BCUT2D eigenvalue weighted by Crippen LogP contribution is 2.29. The van der Waals surface area contributed by atoms with Gasteiger partial charge in [0.25, 0.3) is 5.91 Å². The normalized spacial score (nSPS) is 19.5. The van der Waals surface area contributed by atoms with Gasteiger partial charge in [-0.3, -0.25) is 9.78 Å². The standard InChI is InChI=1S/C22H24N4O2/c1-15-7-8-17(21(27)25-18-9-10-18)14-20(15)26-13-5-12-24-22(26)28-16(2)19-6-3-4-11-23-19/h3-8,11-14,16,18,22H,9-10H2,1-2H3,(H,25,27). The summed E-state index contributed by atoms with van der Waals surface area (Å²) in [4.78, 5) is 23.3. The van der Waals surface area contributed by atoms with Gasteiger partial charge in [-0.1, -0.05) is 12.1 Å². The van der Waals surface area contributed by atoms with E-state index in [1.165, 1.54) is 0 Å². The Bertz CT molecular complexity index is 906. The van der Waals surface area contributed by atoms with Crippen molar-refractivity contribution in [1.29, 1.82) is 0 Å². The number of carbonyl (C=O) groups is 1. The van der Waals surface area contributed by atoms with Crippen LogP contribution in [0.15, 0.2) is 59.9 Å². The lowest BCUT2D eigenvalue weighted by atomic mass is 10.1. The molecule has 2 aromatic rings. The zero-order valence-electron chi connectivity index (χ0n) is 16.1. The Morgan fingerprint density at radius 2 is 2.14 bits per heavy atom. The molecule has 0 bridgehead atoms. The number of ether oxygens (including phenoxy) is 1. The number of aliphatic imine (C=N–C) groups is 1. The number of hydrogen-bond acceptors (Lipinski definition) is 5. The summed E-state index contributed by atoms with van der Waals surface area (Å²) in [6.07, 6.45) is 8.65. The van der Waals surface area contributed by atoms with Crippen molar-refractivity contribution in [2.75, 3.05) is 4.90 Å². The molecule has 1 aromatic heterocycles. The summed E-state index contributed by atoms with van der Waals surface area (Å²) in [6.45, 7) is 3.98. The average molecular weight is 376 g/mol. The summed E-state index contributed by atoms with van der Waals surface area (Å²) in [7, 11) is 0. The number of rotatable bonds is 6. The van der Waals surface area contributed by atoms with Gasteiger partial charge in [0.2, 0.25) is 6.35 Å². The highest BCUT2D eigenvalue weighted by molar-refractivity contribution is 5.96. The molecule has 2 unspecified atom stereocenters. The van der Waals surface area contributed by atoms with Crippen molar-refractivity contribution in [2.45, 2.75) is 45.2 Å². The smallest absolute Gasteiger partial charge is 0.251 e. The van der Waals surface area contributed by atoms with Crippen LogP contribution in [0.4, 0.5) is 5.69 Å². The SMILES string of the molecule is Cc1ccc(C(=O)NC2CC2)cc1N1C=CC=NC1OC(C)c1ccccn1. The van der Waals surface area contributed by atoms with Gasteiger partial charge in [0.1, 0.15) is 6.10 Å². The first-order chi connectivity index (χ1) is 13.6. The third-order valence-corrected chi connectivity index (χ3v) is 4.88. The molecule has 1 aromatic carbocycles. The van der Waals surface area contributed by atoms with E-state index in [0.717, 1.165) is 29.8 Å². The molecular formula is C22H24N4O2. The number of benzene rings is 1. The Morgan fingerprint density at radius 1 is 1.29 bits per heavy atom. The Kier molecular flexibility index (Phi) is 5.21. The van der Waals surface area contributed by atoms with Crippen LogP contribution in [0.3, 0.4) is 0 Å². The van der Waals surface area contributed by atoms with Crippen LogP contribution in [-0.2, 0) is 4.74 Å². The van der Waals surface area contributed by atoms with Crippen molar-refractivity contribution < 1.29 is 9.53 Å². The molecule has 0 saturated heterocycles. The number of carbonyl (C=O) groups excluding carboxylic acids is 1. The molecule has 6 heteroatoms. The van der Waals surface area contributed by atoms with Crippen molar-refractivity contribution in [3.05, 3.63) is 71.7 Å². The molecule has 1 saturated carbocycles.